The van der Waals surface area contributed by atoms with Gasteiger partial charge in [-0.2, -0.15) is 0 Å². The van der Waals surface area contributed by atoms with E-state index in [1.54, 1.807) is 18.7 Å². The van der Waals surface area contributed by atoms with Crippen molar-refractivity contribution in [3.05, 3.63) is 35.9 Å². The fourth-order valence-electron chi connectivity index (χ4n) is 3.77. The van der Waals surface area contributed by atoms with E-state index in [9.17, 15) is 14.4 Å². The van der Waals surface area contributed by atoms with E-state index in [0.717, 1.165) is 5.56 Å². The van der Waals surface area contributed by atoms with Gasteiger partial charge in [-0.25, -0.2) is 0 Å². The van der Waals surface area contributed by atoms with Gasteiger partial charge in [-0.3, -0.25) is 19.3 Å². The number of esters is 1. The van der Waals surface area contributed by atoms with Crippen molar-refractivity contribution in [2.75, 3.05) is 19.6 Å². The lowest BCUT2D eigenvalue weighted by Crippen LogP contribution is -2.62. The summed E-state index contributed by atoms with van der Waals surface area (Å²) in [4.78, 5) is 42.8. The van der Waals surface area contributed by atoms with Gasteiger partial charge in [-0.1, -0.05) is 44.2 Å². The quantitative estimate of drug-likeness (QED) is 0.481. The summed E-state index contributed by atoms with van der Waals surface area (Å²) in [6.45, 7) is 13.0. The highest BCUT2D eigenvalue weighted by Gasteiger charge is 2.46. The van der Waals surface area contributed by atoms with E-state index in [0.29, 0.717) is 26.1 Å². The third-order valence-electron chi connectivity index (χ3n) is 5.66. The molecule has 1 heterocycles. The molecule has 1 atom stereocenters. The zero-order chi connectivity index (χ0) is 22.5. The van der Waals surface area contributed by atoms with Gasteiger partial charge in [0.25, 0.3) is 0 Å². The predicted molar refractivity (Wildman–Crippen MR) is 117 cm³/mol. The van der Waals surface area contributed by atoms with Crippen LogP contribution in [-0.4, -0.2) is 59.2 Å². The van der Waals surface area contributed by atoms with E-state index in [1.807, 2.05) is 58.0 Å². The normalized spacial score (nSPS) is 18.0. The van der Waals surface area contributed by atoms with Crippen molar-refractivity contribution in [1.82, 2.24) is 9.80 Å². The van der Waals surface area contributed by atoms with Gasteiger partial charge in [-0.05, 0) is 39.2 Å². The summed E-state index contributed by atoms with van der Waals surface area (Å²) in [5, 5.41) is 0. The maximum absolute atomic E-state index is 13.5. The molecule has 0 aliphatic carbocycles. The number of nitrogens with zero attached hydrogens (tertiary/aromatic N) is 2. The molecule has 0 saturated carbocycles. The van der Waals surface area contributed by atoms with Crippen molar-refractivity contribution < 1.29 is 19.1 Å². The van der Waals surface area contributed by atoms with Gasteiger partial charge >= 0.3 is 5.97 Å². The van der Waals surface area contributed by atoms with Crippen LogP contribution in [0.1, 0.15) is 53.5 Å². The number of ether oxygens (including phenoxy) is 1. The Hall–Kier alpha value is -2.21. The zero-order valence-electron chi connectivity index (χ0n) is 19.2. The summed E-state index contributed by atoms with van der Waals surface area (Å²) in [5.41, 5.74) is -0.419. The lowest BCUT2D eigenvalue weighted by molar-refractivity contribution is -0.162. The average molecular weight is 417 g/mol. The molecule has 1 amide bonds. The lowest BCUT2D eigenvalue weighted by atomic mass is 9.82. The predicted octanol–water partition coefficient (Wildman–Crippen LogP) is 3.29. The van der Waals surface area contributed by atoms with Crippen LogP contribution in [0.15, 0.2) is 30.3 Å². The van der Waals surface area contributed by atoms with E-state index in [-0.39, 0.29) is 30.3 Å². The van der Waals surface area contributed by atoms with Crippen molar-refractivity contribution in [3.63, 3.8) is 0 Å². The minimum absolute atomic E-state index is 0.0654. The molecule has 2 rings (SSSR count). The number of rotatable bonds is 8. The van der Waals surface area contributed by atoms with Gasteiger partial charge < -0.3 is 9.64 Å². The lowest BCUT2D eigenvalue weighted by Gasteiger charge is -2.44. The Morgan fingerprint density at radius 1 is 1.07 bits per heavy atom. The van der Waals surface area contributed by atoms with Crippen LogP contribution in [0.25, 0.3) is 0 Å². The van der Waals surface area contributed by atoms with Crippen LogP contribution in [0.3, 0.4) is 0 Å². The smallest absolute Gasteiger partial charge is 0.319 e. The second kappa shape index (κ2) is 10.2. The van der Waals surface area contributed by atoms with Gasteiger partial charge in [0.2, 0.25) is 5.91 Å². The van der Waals surface area contributed by atoms with Crippen molar-refractivity contribution in [2.24, 2.45) is 11.3 Å². The van der Waals surface area contributed by atoms with E-state index < -0.39 is 17.4 Å². The van der Waals surface area contributed by atoms with Crippen LogP contribution in [0.2, 0.25) is 0 Å². The highest BCUT2D eigenvalue weighted by molar-refractivity contribution is 6.05. The van der Waals surface area contributed by atoms with Crippen molar-refractivity contribution >= 4 is 17.7 Å². The first-order valence-corrected chi connectivity index (χ1v) is 10.8. The number of Topliss-reactive ketones (excluding diaryl/α,β-unsaturated/α-hetero) is 1. The van der Waals surface area contributed by atoms with E-state index in [4.69, 9.17) is 4.74 Å². The Balaban J connectivity index is 2.13. The summed E-state index contributed by atoms with van der Waals surface area (Å²) >= 11 is 0. The molecule has 166 valence electrons. The largest absolute Gasteiger partial charge is 0.460 e. The molecule has 6 heteroatoms. The fourth-order valence-corrected chi connectivity index (χ4v) is 3.77. The molecule has 0 N–H and O–H groups in total. The maximum atomic E-state index is 13.5. The Kier molecular flexibility index (Phi) is 8.18. The number of benzene rings is 1. The van der Waals surface area contributed by atoms with Gasteiger partial charge in [0.1, 0.15) is 12.0 Å². The van der Waals surface area contributed by atoms with Gasteiger partial charge in [0, 0.05) is 32.1 Å². The minimum atomic E-state index is -1.29. The summed E-state index contributed by atoms with van der Waals surface area (Å²) < 4.78 is 5.47. The Morgan fingerprint density at radius 3 is 2.27 bits per heavy atom. The number of amides is 1. The molecule has 1 aromatic rings. The summed E-state index contributed by atoms with van der Waals surface area (Å²) in [6, 6.07) is 9.03. The van der Waals surface area contributed by atoms with Crippen LogP contribution in [0.5, 0.6) is 0 Å². The molecule has 6 nitrogen and oxygen atoms in total. The molecule has 1 aliphatic rings. The van der Waals surface area contributed by atoms with E-state index in [2.05, 4.69) is 4.90 Å². The van der Waals surface area contributed by atoms with E-state index in [1.165, 1.54) is 0 Å². The SMILES string of the molecule is CC(C)CC(=O)N1CCN(C(C)C)[C@H](C(=O)C(C)(C)C(=O)OCc2ccccc2)C1. The number of ketones is 1. The number of carbonyl (C=O) groups is 3. The monoisotopic (exact) mass is 416 g/mol. The first-order valence-electron chi connectivity index (χ1n) is 10.8. The first-order chi connectivity index (χ1) is 14.0. The second-order valence-electron chi connectivity index (χ2n) is 9.34. The molecule has 1 saturated heterocycles. The highest BCUT2D eigenvalue weighted by atomic mass is 16.5. The number of hydrogen-bond donors (Lipinski definition) is 0. The Bertz CT molecular complexity index is 743. The molecule has 0 unspecified atom stereocenters. The van der Waals surface area contributed by atoms with Crippen molar-refractivity contribution in [1.29, 1.82) is 0 Å². The zero-order valence-corrected chi connectivity index (χ0v) is 19.2. The maximum Gasteiger partial charge on any atom is 0.319 e. The minimum Gasteiger partial charge on any atom is -0.460 e. The number of hydrogen-bond acceptors (Lipinski definition) is 5. The topological polar surface area (TPSA) is 66.9 Å². The van der Waals surface area contributed by atoms with Gasteiger partial charge in [-0.15, -0.1) is 0 Å². The van der Waals surface area contributed by atoms with Crippen LogP contribution >= 0.6 is 0 Å². The summed E-state index contributed by atoms with van der Waals surface area (Å²) in [5.74, 6) is -0.406. The van der Waals surface area contributed by atoms with Gasteiger partial charge in [0.05, 0.1) is 6.04 Å². The fraction of sp³-hybridized carbons (Fsp3) is 0.625. The van der Waals surface area contributed by atoms with Crippen LogP contribution in [0, 0.1) is 11.3 Å². The molecular weight excluding hydrogens is 380 g/mol. The molecule has 0 bridgehead atoms. The third-order valence-corrected chi connectivity index (χ3v) is 5.66. The van der Waals surface area contributed by atoms with Crippen LogP contribution in [0.4, 0.5) is 0 Å². The standard InChI is InChI=1S/C24H36N2O4/c1-17(2)14-21(27)25-12-13-26(18(3)4)20(15-25)22(28)24(5,6)23(29)30-16-19-10-8-7-9-11-19/h7-11,17-18,20H,12-16H2,1-6H3/t20-/m0/s1. The number of piperazine rings is 1. The first kappa shape index (κ1) is 24.1. The van der Waals surface area contributed by atoms with Gasteiger partial charge in [0.15, 0.2) is 5.78 Å². The third kappa shape index (κ3) is 5.91. The van der Waals surface area contributed by atoms with Crippen molar-refractivity contribution in [3.8, 4) is 0 Å². The molecule has 0 radical (unpaired) electrons. The summed E-state index contributed by atoms with van der Waals surface area (Å²) in [7, 11) is 0. The molecule has 0 spiro atoms. The molecule has 0 aromatic heterocycles. The second-order valence-corrected chi connectivity index (χ2v) is 9.34. The number of carbonyl (C=O) groups excluding carboxylic acids is 3. The van der Waals surface area contributed by atoms with Crippen LogP contribution < -0.4 is 0 Å². The summed E-state index contributed by atoms with van der Waals surface area (Å²) in [6.07, 6.45) is 0.463. The molecule has 1 fully saturated rings. The Morgan fingerprint density at radius 2 is 1.70 bits per heavy atom. The van der Waals surface area contributed by atoms with E-state index >= 15 is 0 Å². The molecule has 1 aromatic carbocycles. The molecule has 1 aliphatic heterocycles. The molecule has 30 heavy (non-hydrogen) atoms. The highest BCUT2D eigenvalue weighted by Crippen LogP contribution is 2.27. The Labute approximate surface area is 180 Å². The van der Waals surface area contributed by atoms with Crippen LogP contribution in [-0.2, 0) is 25.7 Å². The molecular formula is C24H36N2O4. The van der Waals surface area contributed by atoms with Crippen molar-refractivity contribution in [2.45, 2.75) is 66.7 Å². The average Bonchev–Trinajstić information content (AvgIpc) is 2.71.